The Kier molecular flexibility index (Phi) is 3.86. The Balaban J connectivity index is 2.53. The van der Waals surface area contributed by atoms with Crippen LogP contribution in [0.1, 0.15) is 15.9 Å². The number of isocyanates is 1. The van der Waals surface area contributed by atoms with Gasteiger partial charge in [-0.3, -0.25) is 4.79 Å². The SMILES string of the molecule is COc1ccccc1C(=O)c1ccccc1N=C=O. The van der Waals surface area contributed by atoms with Gasteiger partial charge in [-0.25, -0.2) is 4.79 Å². The normalized spacial score (nSPS) is 9.53. The second kappa shape index (κ2) is 5.76. The summed E-state index contributed by atoms with van der Waals surface area (Å²) in [5.41, 5.74) is 1.07. The molecule has 0 N–H and O–H groups in total. The van der Waals surface area contributed by atoms with Crippen molar-refractivity contribution in [2.45, 2.75) is 0 Å². The highest BCUT2D eigenvalue weighted by molar-refractivity contribution is 6.13. The number of aliphatic imine (C=N–C) groups is 1. The number of ether oxygens (including phenoxy) is 1. The maximum atomic E-state index is 12.5. The largest absolute Gasteiger partial charge is 0.496 e. The van der Waals surface area contributed by atoms with E-state index in [4.69, 9.17) is 4.74 Å². The monoisotopic (exact) mass is 253 g/mol. The van der Waals surface area contributed by atoms with Gasteiger partial charge in [-0.15, -0.1) is 0 Å². The van der Waals surface area contributed by atoms with Crippen LogP contribution in [-0.2, 0) is 4.79 Å². The van der Waals surface area contributed by atoms with Crippen molar-refractivity contribution in [3.8, 4) is 5.75 Å². The fraction of sp³-hybridized carbons (Fsp3) is 0.0667. The maximum absolute atomic E-state index is 12.5. The summed E-state index contributed by atoms with van der Waals surface area (Å²) in [5, 5.41) is 0. The standard InChI is InChI=1S/C15H11NO3/c1-19-14-9-5-3-7-12(14)15(18)11-6-2-4-8-13(11)16-10-17/h2-9H,1H3. The number of para-hydroxylation sites is 2. The Labute approximate surface area is 110 Å². The molecule has 94 valence electrons. The highest BCUT2D eigenvalue weighted by Gasteiger charge is 2.16. The molecular formula is C15H11NO3. The van der Waals surface area contributed by atoms with Crippen LogP contribution in [0.15, 0.2) is 53.5 Å². The lowest BCUT2D eigenvalue weighted by Crippen LogP contribution is -2.04. The zero-order valence-electron chi connectivity index (χ0n) is 10.3. The van der Waals surface area contributed by atoms with E-state index >= 15 is 0 Å². The van der Waals surface area contributed by atoms with E-state index in [1.165, 1.54) is 13.2 Å². The first kappa shape index (κ1) is 12.7. The van der Waals surface area contributed by atoms with Crippen LogP contribution in [0.25, 0.3) is 0 Å². The Morgan fingerprint density at radius 1 is 1.05 bits per heavy atom. The van der Waals surface area contributed by atoms with E-state index in [9.17, 15) is 9.59 Å². The van der Waals surface area contributed by atoms with Crippen LogP contribution in [0.3, 0.4) is 0 Å². The van der Waals surface area contributed by atoms with E-state index in [2.05, 4.69) is 4.99 Å². The van der Waals surface area contributed by atoms with Gasteiger partial charge in [0.15, 0.2) is 5.78 Å². The molecular weight excluding hydrogens is 242 g/mol. The molecule has 0 heterocycles. The van der Waals surface area contributed by atoms with E-state index in [1.54, 1.807) is 48.5 Å². The minimum atomic E-state index is -0.243. The number of ketones is 1. The molecule has 0 fully saturated rings. The molecule has 2 aromatic carbocycles. The van der Waals surface area contributed by atoms with Gasteiger partial charge in [0.05, 0.1) is 18.4 Å². The second-order valence-corrected chi connectivity index (χ2v) is 3.75. The van der Waals surface area contributed by atoms with Crippen molar-refractivity contribution in [3.05, 3.63) is 59.7 Å². The van der Waals surface area contributed by atoms with Crippen LogP contribution in [0.4, 0.5) is 5.69 Å². The van der Waals surface area contributed by atoms with Gasteiger partial charge in [-0.05, 0) is 24.3 Å². The van der Waals surface area contributed by atoms with E-state index in [0.717, 1.165) is 0 Å². The van der Waals surface area contributed by atoms with Crippen molar-refractivity contribution in [1.29, 1.82) is 0 Å². The number of carbonyl (C=O) groups is 1. The Hall–Kier alpha value is -2.71. The maximum Gasteiger partial charge on any atom is 0.240 e. The predicted molar refractivity (Wildman–Crippen MR) is 70.7 cm³/mol. The van der Waals surface area contributed by atoms with Gasteiger partial charge in [-0.2, -0.15) is 4.99 Å². The van der Waals surface area contributed by atoms with Crippen molar-refractivity contribution < 1.29 is 14.3 Å². The molecule has 0 bridgehead atoms. The third kappa shape index (κ3) is 2.59. The number of hydrogen-bond donors (Lipinski definition) is 0. The fourth-order valence-corrected chi connectivity index (χ4v) is 1.79. The van der Waals surface area contributed by atoms with Gasteiger partial charge in [-0.1, -0.05) is 24.3 Å². The van der Waals surface area contributed by atoms with Crippen LogP contribution in [0.5, 0.6) is 5.75 Å². The van der Waals surface area contributed by atoms with Crippen LogP contribution in [0, 0.1) is 0 Å². The topological polar surface area (TPSA) is 55.7 Å². The minimum absolute atomic E-state index is 0.243. The summed E-state index contributed by atoms with van der Waals surface area (Å²) in [7, 11) is 1.50. The van der Waals surface area contributed by atoms with Gasteiger partial charge in [0, 0.05) is 5.56 Å². The zero-order chi connectivity index (χ0) is 13.7. The highest BCUT2D eigenvalue weighted by atomic mass is 16.5. The number of hydrogen-bond acceptors (Lipinski definition) is 4. The smallest absolute Gasteiger partial charge is 0.240 e. The van der Waals surface area contributed by atoms with E-state index in [-0.39, 0.29) is 5.78 Å². The van der Waals surface area contributed by atoms with E-state index < -0.39 is 0 Å². The third-order valence-corrected chi connectivity index (χ3v) is 2.67. The lowest BCUT2D eigenvalue weighted by molar-refractivity contribution is 0.103. The predicted octanol–water partition coefficient (Wildman–Crippen LogP) is 2.89. The molecule has 2 rings (SSSR count). The van der Waals surface area contributed by atoms with Crippen molar-refractivity contribution in [1.82, 2.24) is 0 Å². The summed E-state index contributed by atoms with van der Waals surface area (Å²) >= 11 is 0. The minimum Gasteiger partial charge on any atom is -0.496 e. The molecule has 0 aliphatic rings. The van der Waals surface area contributed by atoms with Crippen LogP contribution in [-0.4, -0.2) is 19.0 Å². The molecule has 19 heavy (non-hydrogen) atoms. The molecule has 4 nitrogen and oxygen atoms in total. The van der Waals surface area contributed by atoms with Gasteiger partial charge < -0.3 is 4.74 Å². The molecule has 0 spiro atoms. The van der Waals surface area contributed by atoms with E-state index in [0.29, 0.717) is 22.6 Å². The summed E-state index contributed by atoms with van der Waals surface area (Å²) in [5.74, 6) is 0.240. The average molecular weight is 253 g/mol. The molecule has 2 aromatic rings. The molecule has 4 heteroatoms. The number of rotatable bonds is 4. The lowest BCUT2D eigenvalue weighted by Gasteiger charge is -2.08. The van der Waals surface area contributed by atoms with E-state index in [1.807, 2.05) is 0 Å². The quantitative estimate of drug-likeness (QED) is 0.478. The summed E-state index contributed by atoms with van der Waals surface area (Å²) in [6.07, 6.45) is 1.45. The summed E-state index contributed by atoms with van der Waals surface area (Å²) in [6, 6.07) is 13.5. The van der Waals surface area contributed by atoms with Crippen molar-refractivity contribution in [2.75, 3.05) is 7.11 Å². The highest BCUT2D eigenvalue weighted by Crippen LogP contribution is 2.26. The van der Waals surface area contributed by atoms with Crippen LogP contribution in [0.2, 0.25) is 0 Å². The fourth-order valence-electron chi connectivity index (χ4n) is 1.79. The molecule has 0 aromatic heterocycles. The first-order chi connectivity index (χ1) is 9.27. The van der Waals surface area contributed by atoms with Crippen LogP contribution < -0.4 is 4.74 Å². The molecule has 0 aliphatic heterocycles. The third-order valence-electron chi connectivity index (χ3n) is 2.67. The van der Waals surface area contributed by atoms with Gasteiger partial charge in [0.25, 0.3) is 0 Å². The number of methoxy groups -OCH3 is 1. The molecule has 0 atom stereocenters. The lowest BCUT2D eigenvalue weighted by atomic mass is 10.0. The Bertz CT molecular complexity index is 658. The van der Waals surface area contributed by atoms with Gasteiger partial charge >= 0.3 is 0 Å². The Morgan fingerprint density at radius 2 is 1.68 bits per heavy atom. The van der Waals surface area contributed by atoms with Crippen molar-refractivity contribution in [2.24, 2.45) is 4.99 Å². The molecule has 0 unspecified atom stereocenters. The summed E-state index contributed by atoms with van der Waals surface area (Å²) in [6.45, 7) is 0. The average Bonchev–Trinajstić information content (AvgIpc) is 2.47. The van der Waals surface area contributed by atoms with Gasteiger partial charge in [0.1, 0.15) is 5.75 Å². The molecule has 0 radical (unpaired) electrons. The van der Waals surface area contributed by atoms with Gasteiger partial charge in [0.2, 0.25) is 6.08 Å². The molecule has 0 aliphatic carbocycles. The van der Waals surface area contributed by atoms with Crippen molar-refractivity contribution in [3.63, 3.8) is 0 Å². The zero-order valence-corrected chi connectivity index (χ0v) is 10.3. The first-order valence-electron chi connectivity index (χ1n) is 5.62. The Morgan fingerprint density at radius 3 is 2.37 bits per heavy atom. The summed E-state index contributed by atoms with van der Waals surface area (Å²) in [4.78, 5) is 26.4. The summed E-state index contributed by atoms with van der Waals surface area (Å²) < 4.78 is 5.16. The molecule has 0 amide bonds. The molecule has 0 saturated heterocycles. The number of nitrogens with zero attached hydrogens (tertiary/aromatic N) is 1. The first-order valence-corrected chi connectivity index (χ1v) is 5.62. The van der Waals surface area contributed by atoms with Crippen molar-refractivity contribution >= 4 is 17.6 Å². The molecule has 0 saturated carbocycles. The number of benzene rings is 2. The van der Waals surface area contributed by atoms with Crippen LogP contribution >= 0.6 is 0 Å². The second-order valence-electron chi connectivity index (χ2n) is 3.75. The number of carbonyl (C=O) groups excluding carboxylic acids is 2.